The van der Waals surface area contributed by atoms with Gasteiger partial charge in [-0.05, 0) is 56.6 Å². The number of amides is 3. The van der Waals surface area contributed by atoms with Crippen molar-refractivity contribution in [2.24, 2.45) is 11.7 Å². The number of urea groups is 1. The molecule has 4 rings (SSSR count). The van der Waals surface area contributed by atoms with E-state index in [9.17, 15) is 9.59 Å². The molecule has 8 nitrogen and oxygen atoms in total. The summed E-state index contributed by atoms with van der Waals surface area (Å²) in [5, 5.41) is 2.61. The molecular weight excluding hydrogens is 370 g/mol. The van der Waals surface area contributed by atoms with Gasteiger partial charge in [0.1, 0.15) is 11.1 Å². The number of hydrogen-bond donors (Lipinski definition) is 2. The summed E-state index contributed by atoms with van der Waals surface area (Å²) in [6, 6.07) is 6.08. The topological polar surface area (TPSA) is 105 Å². The lowest BCUT2D eigenvalue weighted by Crippen LogP contribution is -2.51. The maximum absolute atomic E-state index is 12.6. The smallest absolute Gasteiger partial charge is 0.313 e. The number of para-hydroxylation sites is 1. The molecule has 1 aliphatic heterocycles. The first kappa shape index (κ1) is 19.5. The van der Waals surface area contributed by atoms with Crippen molar-refractivity contribution in [3.8, 4) is 0 Å². The van der Waals surface area contributed by atoms with Gasteiger partial charge in [-0.15, -0.1) is 0 Å². The van der Waals surface area contributed by atoms with E-state index in [1.54, 1.807) is 11.9 Å². The maximum Gasteiger partial charge on any atom is 0.313 e. The number of primary amides is 1. The summed E-state index contributed by atoms with van der Waals surface area (Å²) < 4.78 is 6.00. The van der Waals surface area contributed by atoms with E-state index in [4.69, 9.17) is 10.2 Å². The Morgan fingerprint density at radius 3 is 2.69 bits per heavy atom. The van der Waals surface area contributed by atoms with Gasteiger partial charge < -0.3 is 25.3 Å². The number of nitrogens with one attached hydrogen (secondary N) is 1. The molecule has 8 heteroatoms. The zero-order valence-corrected chi connectivity index (χ0v) is 17.1. The largest absolute Gasteiger partial charge is 0.423 e. The fourth-order valence-corrected chi connectivity index (χ4v) is 4.22. The SMILES string of the molecule is Cc1cccc2nc(N3CCC(CCN(C)C(=O)C4(NC(N)=O)CC4)CC3)oc12. The predicted molar refractivity (Wildman–Crippen MR) is 111 cm³/mol. The number of hydrogen-bond acceptors (Lipinski definition) is 5. The summed E-state index contributed by atoms with van der Waals surface area (Å²) >= 11 is 0. The van der Waals surface area contributed by atoms with Crippen LogP contribution in [0.2, 0.25) is 0 Å². The molecule has 2 heterocycles. The standard InChI is InChI=1S/C21H29N5O3/c1-14-4-3-5-16-17(14)29-20(23-16)26-12-7-15(8-13-26)6-11-25(2)18(27)21(9-10-21)24-19(22)28/h3-5,15H,6-13H2,1-2H3,(H3,22,24,28). The van der Waals surface area contributed by atoms with Gasteiger partial charge in [-0.2, -0.15) is 4.98 Å². The van der Waals surface area contributed by atoms with Crippen LogP contribution in [-0.4, -0.2) is 54.0 Å². The van der Waals surface area contributed by atoms with Crippen molar-refractivity contribution in [1.29, 1.82) is 0 Å². The number of fused-ring (bicyclic) bond motifs is 1. The summed E-state index contributed by atoms with van der Waals surface area (Å²) in [7, 11) is 1.81. The zero-order chi connectivity index (χ0) is 20.6. The molecule has 1 saturated carbocycles. The van der Waals surface area contributed by atoms with Crippen molar-refractivity contribution in [3.05, 3.63) is 23.8 Å². The highest BCUT2D eigenvalue weighted by atomic mass is 16.4. The van der Waals surface area contributed by atoms with Crippen LogP contribution in [0.3, 0.4) is 0 Å². The Morgan fingerprint density at radius 1 is 1.34 bits per heavy atom. The lowest BCUT2D eigenvalue weighted by Gasteiger charge is -2.32. The predicted octanol–water partition coefficient (Wildman–Crippen LogP) is 2.40. The lowest BCUT2D eigenvalue weighted by molar-refractivity contribution is -0.133. The van der Waals surface area contributed by atoms with E-state index in [2.05, 4.69) is 15.2 Å². The number of aryl methyl sites for hydroxylation is 1. The number of oxazole rings is 1. The molecule has 0 unspecified atom stereocenters. The summed E-state index contributed by atoms with van der Waals surface area (Å²) in [5.41, 5.74) is 7.32. The van der Waals surface area contributed by atoms with Crippen molar-refractivity contribution < 1.29 is 14.0 Å². The number of rotatable bonds is 6. The fourth-order valence-electron chi connectivity index (χ4n) is 4.22. The number of aromatic nitrogens is 1. The third kappa shape index (κ3) is 4.02. The number of carbonyl (C=O) groups excluding carboxylic acids is 2. The molecule has 3 amide bonds. The first-order valence-corrected chi connectivity index (χ1v) is 10.3. The molecule has 156 valence electrons. The van der Waals surface area contributed by atoms with E-state index in [1.807, 2.05) is 25.1 Å². The first-order chi connectivity index (χ1) is 13.9. The van der Waals surface area contributed by atoms with Crippen LogP contribution in [0.25, 0.3) is 11.1 Å². The number of likely N-dealkylation sites (N-methyl/N-ethyl adjacent to an activating group) is 1. The zero-order valence-electron chi connectivity index (χ0n) is 17.1. The highest BCUT2D eigenvalue weighted by molar-refractivity contribution is 5.93. The van der Waals surface area contributed by atoms with Gasteiger partial charge in [0.05, 0.1) is 0 Å². The average molecular weight is 399 g/mol. The molecule has 2 fully saturated rings. The van der Waals surface area contributed by atoms with Gasteiger partial charge in [0.15, 0.2) is 5.58 Å². The van der Waals surface area contributed by atoms with Gasteiger partial charge in [-0.1, -0.05) is 12.1 Å². The van der Waals surface area contributed by atoms with E-state index in [-0.39, 0.29) is 5.91 Å². The Balaban J connectivity index is 1.27. The molecule has 1 aromatic carbocycles. The van der Waals surface area contributed by atoms with Gasteiger partial charge in [0.25, 0.3) is 6.01 Å². The van der Waals surface area contributed by atoms with E-state index >= 15 is 0 Å². The number of anilines is 1. The van der Waals surface area contributed by atoms with Crippen molar-refractivity contribution in [1.82, 2.24) is 15.2 Å². The van der Waals surface area contributed by atoms with Gasteiger partial charge in [0.2, 0.25) is 5.91 Å². The van der Waals surface area contributed by atoms with Gasteiger partial charge in [0, 0.05) is 26.7 Å². The Morgan fingerprint density at radius 2 is 2.07 bits per heavy atom. The van der Waals surface area contributed by atoms with Crippen LogP contribution in [0.1, 0.15) is 37.7 Å². The highest BCUT2D eigenvalue weighted by Gasteiger charge is 2.52. The van der Waals surface area contributed by atoms with Crippen molar-refractivity contribution >= 4 is 29.1 Å². The van der Waals surface area contributed by atoms with Crippen LogP contribution in [-0.2, 0) is 4.79 Å². The monoisotopic (exact) mass is 399 g/mol. The quantitative estimate of drug-likeness (QED) is 0.776. The number of benzene rings is 1. The van der Waals surface area contributed by atoms with Gasteiger partial charge >= 0.3 is 6.03 Å². The highest BCUT2D eigenvalue weighted by Crippen LogP contribution is 2.37. The van der Waals surface area contributed by atoms with E-state index < -0.39 is 11.6 Å². The van der Waals surface area contributed by atoms with Crippen molar-refractivity contribution in [2.75, 3.05) is 31.6 Å². The first-order valence-electron chi connectivity index (χ1n) is 10.3. The summed E-state index contributed by atoms with van der Waals surface area (Å²) in [5.74, 6) is 0.530. The molecule has 0 atom stereocenters. The van der Waals surface area contributed by atoms with Crippen LogP contribution in [0.4, 0.5) is 10.8 Å². The molecule has 2 aliphatic rings. The van der Waals surface area contributed by atoms with Crippen LogP contribution in [0, 0.1) is 12.8 Å². The van der Waals surface area contributed by atoms with E-state index in [0.717, 1.165) is 49.0 Å². The Labute approximate surface area is 170 Å². The van der Waals surface area contributed by atoms with Gasteiger partial charge in [-0.25, -0.2) is 4.79 Å². The minimum atomic E-state index is -0.755. The van der Waals surface area contributed by atoms with E-state index in [1.165, 1.54) is 0 Å². The third-order valence-electron chi connectivity index (χ3n) is 6.23. The molecule has 1 aliphatic carbocycles. The molecule has 29 heavy (non-hydrogen) atoms. The molecule has 0 bridgehead atoms. The number of nitrogens with two attached hydrogens (primary N) is 1. The van der Waals surface area contributed by atoms with Crippen LogP contribution in [0.5, 0.6) is 0 Å². The van der Waals surface area contributed by atoms with Crippen LogP contribution >= 0.6 is 0 Å². The summed E-state index contributed by atoms with van der Waals surface area (Å²) in [6.45, 7) is 4.53. The summed E-state index contributed by atoms with van der Waals surface area (Å²) in [4.78, 5) is 32.3. The maximum atomic E-state index is 12.6. The average Bonchev–Trinajstić information content (AvgIpc) is 3.33. The normalized spacial score (nSPS) is 18.6. The Kier molecular flexibility index (Phi) is 5.10. The molecule has 3 N–H and O–H groups in total. The minimum Gasteiger partial charge on any atom is -0.423 e. The lowest BCUT2D eigenvalue weighted by atomic mass is 9.93. The molecule has 1 aromatic heterocycles. The van der Waals surface area contributed by atoms with Gasteiger partial charge in [-0.3, -0.25) is 4.79 Å². The molecule has 0 spiro atoms. The molecular formula is C21H29N5O3. The molecule has 2 aromatic rings. The third-order valence-corrected chi connectivity index (χ3v) is 6.23. The molecule has 0 radical (unpaired) electrons. The minimum absolute atomic E-state index is 0.0319. The van der Waals surface area contributed by atoms with Crippen molar-refractivity contribution in [2.45, 2.75) is 44.6 Å². The number of carbonyl (C=O) groups is 2. The Hall–Kier alpha value is -2.77. The van der Waals surface area contributed by atoms with Crippen LogP contribution < -0.4 is 16.0 Å². The summed E-state index contributed by atoms with van der Waals surface area (Å²) in [6.07, 6.45) is 4.38. The second-order valence-corrected chi connectivity index (χ2v) is 8.44. The van der Waals surface area contributed by atoms with Crippen molar-refractivity contribution in [3.63, 3.8) is 0 Å². The fraction of sp³-hybridized carbons (Fsp3) is 0.571. The Bertz CT molecular complexity index is 912. The second kappa shape index (κ2) is 7.57. The molecule has 1 saturated heterocycles. The number of piperidine rings is 1. The number of nitrogens with zero attached hydrogens (tertiary/aromatic N) is 3. The second-order valence-electron chi connectivity index (χ2n) is 8.44. The van der Waals surface area contributed by atoms with Crippen LogP contribution in [0.15, 0.2) is 22.6 Å². The van der Waals surface area contributed by atoms with E-state index in [0.29, 0.717) is 31.3 Å².